The predicted octanol–water partition coefficient (Wildman–Crippen LogP) is 3.53. The molecule has 0 aliphatic carbocycles. The average molecular weight is 380 g/mol. The van der Waals surface area contributed by atoms with Crippen molar-refractivity contribution in [2.75, 3.05) is 26.1 Å². The van der Waals surface area contributed by atoms with Crippen LogP contribution in [0.25, 0.3) is 5.57 Å². The largest absolute Gasteiger partial charge is 0.497 e. The van der Waals surface area contributed by atoms with Gasteiger partial charge in [-0.15, -0.1) is 0 Å². The van der Waals surface area contributed by atoms with Crippen LogP contribution in [-0.2, 0) is 9.59 Å². The molecule has 1 aliphatic heterocycles. The van der Waals surface area contributed by atoms with E-state index in [4.69, 9.17) is 9.47 Å². The lowest BCUT2D eigenvalue weighted by atomic mass is 9.97. The molecule has 0 bridgehead atoms. The van der Waals surface area contributed by atoms with E-state index in [1.807, 2.05) is 32.0 Å². The maximum absolute atomic E-state index is 13.0. The second kappa shape index (κ2) is 7.76. The molecule has 28 heavy (non-hydrogen) atoms. The first-order valence-electron chi connectivity index (χ1n) is 9.08. The number of ether oxygens (including phenoxy) is 2. The molecule has 3 rings (SSSR count). The number of methoxy groups -OCH3 is 2. The summed E-state index contributed by atoms with van der Waals surface area (Å²) in [5.41, 5.74) is 3.93. The molecule has 0 spiro atoms. The Bertz CT molecular complexity index is 978. The summed E-state index contributed by atoms with van der Waals surface area (Å²) in [5.74, 6) is 0.501. The van der Waals surface area contributed by atoms with Gasteiger partial charge >= 0.3 is 0 Å². The van der Waals surface area contributed by atoms with Crippen molar-refractivity contribution in [1.29, 1.82) is 0 Å². The first kappa shape index (κ1) is 19.5. The first-order chi connectivity index (χ1) is 13.4. The standard InChI is InChI=1S/C22H24N2O4/c1-6-24-21(25)19(16-9-7-13(2)11-14(16)3)20(22(24)26)23-17-12-15(27-4)8-10-18(17)28-5/h7-12,23H,6H2,1-5H3. The number of nitrogens with zero attached hydrogens (tertiary/aromatic N) is 1. The third-order valence-electron chi connectivity index (χ3n) is 4.80. The minimum atomic E-state index is -0.354. The Hall–Kier alpha value is -3.28. The summed E-state index contributed by atoms with van der Waals surface area (Å²) in [4.78, 5) is 27.2. The lowest BCUT2D eigenvalue weighted by molar-refractivity contribution is -0.136. The van der Waals surface area contributed by atoms with Crippen LogP contribution in [0.1, 0.15) is 23.6 Å². The van der Waals surface area contributed by atoms with Crippen LogP contribution < -0.4 is 14.8 Å². The van der Waals surface area contributed by atoms with Gasteiger partial charge in [-0.25, -0.2) is 0 Å². The van der Waals surface area contributed by atoms with E-state index in [0.29, 0.717) is 29.3 Å². The fourth-order valence-electron chi connectivity index (χ4n) is 3.37. The number of carbonyl (C=O) groups is 2. The van der Waals surface area contributed by atoms with Crippen molar-refractivity contribution < 1.29 is 19.1 Å². The molecule has 2 amide bonds. The fraction of sp³-hybridized carbons (Fsp3) is 0.273. The molecule has 6 heteroatoms. The molecular formula is C22H24N2O4. The third-order valence-corrected chi connectivity index (χ3v) is 4.80. The van der Waals surface area contributed by atoms with E-state index in [-0.39, 0.29) is 17.5 Å². The average Bonchev–Trinajstić information content (AvgIpc) is 2.91. The highest BCUT2D eigenvalue weighted by Gasteiger charge is 2.39. The van der Waals surface area contributed by atoms with Crippen molar-refractivity contribution in [3.63, 3.8) is 0 Å². The van der Waals surface area contributed by atoms with E-state index < -0.39 is 0 Å². The second-order valence-electron chi connectivity index (χ2n) is 6.61. The van der Waals surface area contributed by atoms with Gasteiger partial charge in [0.15, 0.2) is 0 Å². The molecule has 0 unspecified atom stereocenters. The summed E-state index contributed by atoms with van der Waals surface area (Å²) in [6, 6.07) is 11.1. The van der Waals surface area contributed by atoms with Gasteiger partial charge in [0.25, 0.3) is 11.8 Å². The number of carbonyl (C=O) groups excluding carboxylic acids is 2. The van der Waals surface area contributed by atoms with Crippen LogP contribution in [0, 0.1) is 13.8 Å². The quantitative estimate of drug-likeness (QED) is 0.777. The Morgan fingerprint density at radius 2 is 1.71 bits per heavy atom. The smallest absolute Gasteiger partial charge is 0.278 e. The number of likely N-dealkylation sites (N-methyl/N-ethyl adjacent to an activating group) is 1. The number of benzene rings is 2. The molecule has 2 aromatic carbocycles. The Labute approximate surface area is 164 Å². The van der Waals surface area contributed by atoms with E-state index in [0.717, 1.165) is 16.7 Å². The summed E-state index contributed by atoms with van der Waals surface area (Å²) in [6.45, 7) is 6.01. The molecule has 0 aromatic heterocycles. The number of hydrogen-bond donors (Lipinski definition) is 1. The van der Waals surface area contributed by atoms with Crippen molar-refractivity contribution in [3.05, 3.63) is 58.8 Å². The molecule has 1 N–H and O–H groups in total. The highest BCUT2D eigenvalue weighted by Crippen LogP contribution is 2.36. The predicted molar refractivity (Wildman–Crippen MR) is 108 cm³/mol. The van der Waals surface area contributed by atoms with E-state index in [2.05, 4.69) is 5.32 Å². The topological polar surface area (TPSA) is 67.9 Å². The summed E-state index contributed by atoms with van der Waals surface area (Å²) in [6.07, 6.45) is 0. The highest BCUT2D eigenvalue weighted by molar-refractivity contribution is 6.36. The lowest BCUT2D eigenvalue weighted by Crippen LogP contribution is -2.32. The number of rotatable bonds is 6. The number of nitrogens with one attached hydrogen (secondary N) is 1. The van der Waals surface area contributed by atoms with Crippen LogP contribution in [0.3, 0.4) is 0 Å². The zero-order valence-corrected chi connectivity index (χ0v) is 16.8. The Morgan fingerprint density at radius 1 is 0.964 bits per heavy atom. The van der Waals surface area contributed by atoms with Crippen molar-refractivity contribution >= 4 is 23.1 Å². The second-order valence-corrected chi connectivity index (χ2v) is 6.61. The van der Waals surface area contributed by atoms with E-state index >= 15 is 0 Å². The van der Waals surface area contributed by atoms with Crippen LogP contribution in [-0.4, -0.2) is 37.5 Å². The van der Waals surface area contributed by atoms with Gasteiger partial charge in [-0.2, -0.15) is 0 Å². The summed E-state index contributed by atoms with van der Waals surface area (Å²) < 4.78 is 10.7. The van der Waals surface area contributed by atoms with Crippen LogP contribution >= 0.6 is 0 Å². The molecule has 2 aromatic rings. The molecule has 0 saturated carbocycles. The normalized spacial score (nSPS) is 14.0. The monoisotopic (exact) mass is 380 g/mol. The van der Waals surface area contributed by atoms with Crippen LogP contribution in [0.15, 0.2) is 42.1 Å². The van der Waals surface area contributed by atoms with Crippen LogP contribution in [0.4, 0.5) is 5.69 Å². The molecule has 0 saturated heterocycles. The molecule has 6 nitrogen and oxygen atoms in total. The molecule has 0 atom stereocenters. The minimum absolute atomic E-state index is 0.241. The van der Waals surface area contributed by atoms with Gasteiger partial charge in [0.05, 0.1) is 25.5 Å². The van der Waals surface area contributed by atoms with Gasteiger partial charge in [-0.3, -0.25) is 14.5 Å². The number of amides is 2. The number of aryl methyl sites for hydroxylation is 2. The van der Waals surface area contributed by atoms with Crippen LogP contribution in [0.2, 0.25) is 0 Å². The van der Waals surface area contributed by atoms with E-state index in [1.54, 1.807) is 39.3 Å². The lowest BCUT2D eigenvalue weighted by Gasteiger charge is -2.14. The van der Waals surface area contributed by atoms with Crippen molar-refractivity contribution in [2.45, 2.75) is 20.8 Å². The molecule has 1 aliphatic rings. The van der Waals surface area contributed by atoms with Gasteiger partial charge in [-0.05, 0) is 44.0 Å². The minimum Gasteiger partial charge on any atom is -0.497 e. The Balaban J connectivity index is 2.17. The summed E-state index contributed by atoms with van der Waals surface area (Å²) in [5, 5.41) is 3.13. The Morgan fingerprint density at radius 3 is 2.32 bits per heavy atom. The molecular weight excluding hydrogens is 356 g/mol. The molecule has 146 valence electrons. The van der Waals surface area contributed by atoms with Crippen molar-refractivity contribution in [3.8, 4) is 11.5 Å². The maximum Gasteiger partial charge on any atom is 0.278 e. The zero-order valence-electron chi connectivity index (χ0n) is 16.8. The van der Waals surface area contributed by atoms with Gasteiger partial charge in [0, 0.05) is 12.6 Å². The van der Waals surface area contributed by atoms with Gasteiger partial charge < -0.3 is 14.8 Å². The van der Waals surface area contributed by atoms with E-state index in [9.17, 15) is 9.59 Å². The maximum atomic E-state index is 13.0. The highest BCUT2D eigenvalue weighted by atomic mass is 16.5. The van der Waals surface area contributed by atoms with Gasteiger partial charge in [0.1, 0.15) is 17.2 Å². The zero-order chi connectivity index (χ0) is 20.4. The van der Waals surface area contributed by atoms with Crippen molar-refractivity contribution in [1.82, 2.24) is 4.90 Å². The van der Waals surface area contributed by atoms with E-state index in [1.165, 1.54) is 4.90 Å². The number of imide groups is 1. The van der Waals surface area contributed by atoms with Crippen molar-refractivity contribution in [2.24, 2.45) is 0 Å². The Kier molecular flexibility index (Phi) is 5.40. The molecule has 0 fully saturated rings. The first-order valence-corrected chi connectivity index (χ1v) is 9.08. The summed E-state index contributed by atoms with van der Waals surface area (Å²) in [7, 11) is 3.11. The summed E-state index contributed by atoms with van der Waals surface area (Å²) >= 11 is 0. The van der Waals surface area contributed by atoms with Crippen LogP contribution in [0.5, 0.6) is 11.5 Å². The molecule has 1 heterocycles. The fourth-order valence-corrected chi connectivity index (χ4v) is 3.37. The number of anilines is 1. The third kappa shape index (κ3) is 3.33. The number of hydrogen-bond acceptors (Lipinski definition) is 5. The molecule has 0 radical (unpaired) electrons. The SMILES string of the molecule is CCN1C(=O)C(Nc2cc(OC)ccc2OC)=C(c2ccc(C)cc2C)C1=O. The van der Waals surface area contributed by atoms with Gasteiger partial charge in [0.2, 0.25) is 0 Å². The van der Waals surface area contributed by atoms with Gasteiger partial charge in [-0.1, -0.05) is 23.8 Å².